The Kier molecular flexibility index (Phi) is 18.0. The molecule has 0 aliphatic carbocycles. The third-order valence-corrected chi connectivity index (χ3v) is 9.16. The summed E-state index contributed by atoms with van der Waals surface area (Å²) in [6.07, 6.45) is 2.72. The molecule has 2 aromatic heterocycles. The number of H-pyrrole nitrogens is 1. The van der Waals surface area contributed by atoms with Gasteiger partial charge in [0.2, 0.25) is 11.8 Å². The van der Waals surface area contributed by atoms with Crippen molar-refractivity contribution in [3.63, 3.8) is 0 Å². The van der Waals surface area contributed by atoms with E-state index >= 15 is 0 Å². The highest BCUT2D eigenvalue weighted by molar-refractivity contribution is 5.88. The summed E-state index contributed by atoms with van der Waals surface area (Å²) < 4.78 is 13.1. The van der Waals surface area contributed by atoms with Gasteiger partial charge in [0.1, 0.15) is 31.1 Å². The summed E-state index contributed by atoms with van der Waals surface area (Å²) in [5, 5.41) is 21.2. The molecule has 4 amide bonds. The van der Waals surface area contributed by atoms with Crippen molar-refractivity contribution in [1.29, 1.82) is 0 Å². The van der Waals surface area contributed by atoms with Crippen molar-refractivity contribution in [1.82, 2.24) is 56.6 Å². The molecule has 0 unspecified atom stereocenters. The van der Waals surface area contributed by atoms with Gasteiger partial charge in [0.15, 0.2) is 0 Å². The Labute approximate surface area is 344 Å². The van der Waals surface area contributed by atoms with Crippen molar-refractivity contribution < 1.29 is 33.4 Å². The van der Waals surface area contributed by atoms with E-state index in [-0.39, 0.29) is 62.6 Å². The number of ether oxygens (including phenoxy) is 2. The molecular formula is C41H57N11O7. The van der Waals surface area contributed by atoms with Crippen molar-refractivity contribution in [2.45, 2.75) is 98.2 Å². The number of esters is 1. The number of imidazole rings is 1. The Balaban J connectivity index is 1.60. The molecule has 4 rings (SSSR count). The van der Waals surface area contributed by atoms with Gasteiger partial charge in [0.25, 0.3) is 5.91 Å². The molecular weight excluding hydrogens is 759 g/mol. The monoisotopic (exact) mass is 815 g/mol. The number of hydrogen-bond acceptors (Lipinski definition) is 12. The van der Waals surface area contributed by atoms with Crippen LogP contribution in [0.3, 0.4) is 0 Å². The fourth-order valence-electron chi connectivity index (χ4n) is 6.17. The molecule has 0 fully saturated rings. The van der Waals surface area contributed by atoms with Gasteiger partial charge in [0, 0.05) is 24.9 Å². The van der Waals surface area contributed by atoms with Crippen LogP contribution in [0.5, 0.6) is 0 Å². The van der Waals surface area contributed by atoms with Gasteiger partial charge in [-0.2, -0.15) is 0 Å². The fourth-order valence-corrected chi connectivity index (χ4v) is 6.17. The molecule has 2 aromatic carbocycles. The number of hydrogen-bond donors (Lipinski definition) is 5. The lowest BCUT2D eigenvalue weighted by Gasteiger charge is -2.35. The molecule has 4 atom stereocenters. The minimum absolute atomic E-state index is 0.0174. The molecule has 4 aromatic rings. The topological polar surface area (TPSA) is 227 Å². The van der Waals surface area contributed by atoms with E-state index in [1.807, 2.05) is 88.4 Å². The summed E-state index contributed by atoms with van der Waals surface area (Å²) in [7, 11) is 0. The quantitative estimate of drug-likeness (QED) is 0.0538. The van der Waals surface area contributed by atoms with Gasteiger partial charge in [-0.25, -0.2) is 19.5 Å². The number of carbonyl (C=O) groups excluding carboxylic acids is 5. The van der Waals surface area contributed by atoms with Crippen LogP contribution in [0.4, 0.5) is 4.79 Å². The highest BCUT2D eigenvalue weighted by Crippen LogP contribution is 2.15. The van der Waals surface area contributed by atoms with E-state index in [1.165, 1.54) is 23.5 Å². The second-order valence-corrected chi connectivity index (χ2v) is 15.4. The molecule has 2 heterocycles. The van der Waals surface area contributed by atoms with E-state index in [0.29, 0.717) is 12.2 Å². The summed E-state index contributed by atoms with van der Waals surface area (Å²) >= 11 is 0. The number of nitrogens with zero attached hydrogens (tertiary/aromatic N) is 6. The smallest absolute Gasteiger partial charge is 0.408 e. The Morgan fingerprint density at radius 3 is 2.07 bits per heavy atom. The number of carbonyl (C=O) groups is 5. The molecule has 18 heteroatoms. The Morgan fingerprint density at radius 2 is 1.47 bits per heavy atom. The molecule has 0 spiro atoms. The maximum atomic E-state index is 14.2. The number of tetrazole rings is 1. The molecule has 0 bridgehead atoms. The number of amides is 4. The lowest BCUT2D eigenvalue weighted by Crippen LogP contribution is -2.60. The van der Waals surface area contributed by atoms with Crippen LogP contribution in [0.2, 0.25) is 0 Å². The molecule has 5 N–H and O–H groups in total. The number of benzene rings is 2. The van der Waals surface area contributed by atoms with Gasteiger partial charge in [0.05, 0.1) is 31.9 Å². The molecule has 0 saturated carbocycles. The van der Waals surface area contributed by atoms with Crippen LogP contribution in [0.25, 0.3) is 0 Å². The van der Waals surface area contributed by atoms with Crippen molar-refractivity contribution in [2.75, 3.05) is 13.1 Å². The molecule has 0 aliphatic rings. The van der Waals surface area contributed by atoms with Crippen LogP contribution in [-0.4, -0.2) is 102 Å². The van der Waals surface area contributed by atoms with Gasteiger partial charge in [-0.1, -0.05) is 102 Å². The second kappa shape index (κ2) is 23.3. The first kappa shape index (κ1) is 45.5. The second-order valence-electron chi connectivity index (χ2n) is 15.4. The van der Waals surface area contributed by atoms with Crippen molar-refractivity contribution in [3.05, 3.63) is 96.3 Å². The minimum atomic E-state index is -1.03. The number of rotatable bonds is 23. The molecule has 59 heavy (non-hydrogen) atoms. The third-order valence-electron chi connectivity index (χ3n) is 9.16. The Morgan fingerprint density at radius 1 is 0.814 bits per heavy atom. The zero-order chi connectivity index (χ0) is 42.7. The molecule has 0 aliphatic heterocycles. The van der Waals surface area contributed by atoms with Gasteiger partial charge < -0.3 is 30.4 Å². The molecule has 18 nitrogen and oxygen atoms in total. The molecule has 318 valence electrons. The lowest BCUT2D eigenvalue weighted by atomic mass is 9.98. The normalized spacial score (nSPS) is 13.4. The number of aromatic amines is 1. The van der Waals surface area contributed by atoms with Crippen LogP contribution < -0.4 is 21.4 Å². The summed E-state index contributed by atoms with van der Waals surface area (Å²) in [4.78, 5) is 74.6. The van der Waals surface area contributed by atoms with Crippen molar-refractivity contribution in [3.8, 4) is 0 Å². The standard InChI is InChI=1S/C41H57N11O7/c1-27(2)22-52(48-40(56)38(29(5)6)46-35(53)17-18-51-26-44-49-50-51)23-34(59-36(54)20-32-21-42-25-43-32)33(19-30-13-9-7-10-14-30)45-39(55)37(28(3)4)47-41(57)58-24-31-15-11-8-12-16-31/h7-16,21,25-29,33-34,37-38H,17-20,22-24H2,1-6H3,(H,42,43)(H,45,55)(H,46,53)(H,47,57)(H,48,56)/t33-,34-,37-,38-/m0/s1. The number of alkyl carbamates (subject to hydrolysis) is 1. The van der Waals surface area contributed by atoms with E-state index in [1.54, 1.807) is 18.9 Å². The van der Waals surface area contributed by atoms with Crippen LogP contribution >= 0.6 is 0 Å². The highest BCUT2D eigenvalue weighted by Gasteiger charge is 2.35. The maximum Gasteiger partial charge on any atom is 0.408 e. The molecule has 0 radical (unpaired) electrons. The zero-order valence-corrected chi connectivity index (χ0v) is 34.5. The van der Waals surface area contributed by atoms with E-state index in [0.717, 1.165) is 11.1 Å². The number of aromatic nitrogens is 6. The first-order valence-electron chi connectivity index (χ1n) is 19.8. The van der Waals surface area contributed by atoms with Gasteiger partial charge in [-0.3, -0.25) is 24.6 Å². The predicted octanol–water partition coefficient (Wildman–Crippen LogP) is 2.75. The number of hydrazine groups is 1. The van der Waals surface area contributed by atoms with Crippen LogP contribution in [-0.2, 0) is 54.6 Å². The number of aryl methyl sites for hydroxylation is 1. The summed E-state index contributed by atoms with van der Waals surface area (Å²) in [6, 6.07) is 15.8. The maximum absolute atomic E-state index is 14.2. The van der Waals surface area contributed by atoms with E-state index < -0.39 is 48.1 Å². The van der Waals surface area contributed by atoms with E-state index in [2.05, 4.69) is 46.9 Å². The highest BCUT2D eigenvalue weighted by atomic mass is 16.6. The van der Waals surface area contributed by atoms with Crippen LogP contribution in [0, 0.1) is 17.8 Å². The predicted molar refractivity (Wildman–Crippen MR) is 216 cm³/mol. The van der Waals surface area contributed by atoms with E-state index in [9.17, 15) is 24.0 Å². The first-order chi connectivity index (χ1) is 28.3. The lowest BCUT2D eigenvalue weighted by molar-refractivity contribution is -0.153. The SMILES string of the molecule is CC(C)CN(C[C@H](OC(=O)Cc1cnc[nH]1)[C@H](Cc1ccccc1)NC(=O)[C@@H](NC(=O)OCc1ccccc1)C(C)C)NC(=O)[C@@H](NC(=O)CCn1cnnn1)C(C)C. The van der Waals surface area contributed by atoms with Crippen molar-refractivity contribution in [2.24, 2.45) is 17.8 Å². The summed E-state index contributed by atoms with van der Waals surface area (Å²) in [5.74, 6) is -2.57. The third kappa shape index (κ3) is 15.9. The van der Waals surface area contributed by atoms with Crippen LogP contribution in [0.15, 0.2) is 79.5 Å². The minimum Gasteiger partial charge on any atom is -0.458 e. The summed E-state index contributed by atoms with van der Waals surface area (Å²) in [5.41, 5.74) is 5.12. The van der Waals surface area contributed by atoms with Gasteiger partial charge >= 0.3 is 12.1 Å². The van der Waals surface area contributed by atoms with Gasteiger partial charge in [-0.15, -0.1) is 5.10 Å². The average Bonchev–Trinajstić information content (AvgIpc) is 3.92. The Hall–Kier alpha value is -6.17. The van der Waals surface area contributed by atoms with Crippen LogP contribution in [0.1, 0.15) is 64.8 Å². The first-order valence-corrected chi connectivity index (χ1v) is 19.8. The zero-order valence-electron chi connectivity index (χ0n) is 34.5. The van der Waals surface area contributed by atoms with Crippen molar-refractivity contribution >= 4 is 29.8 Å². The Bertz CT molecular complexity index is 1880. The van der Waals surface area contributed by atoms with E-state index in [4.69, 9.17) is 9.47 Å². The average molecular weight is 816 g/mol. The number of nitrogens with one attached hydrogen (secondary N) is 5. The largest absolute Gasteiger partial charge is 0.458 e. The fraction of sp³-hybridized carbons (Fsp3) is 0.488. The van der Waals surface area contributed by atoms with Gasteiger partial charge in [-0.05, 0) is 45.7 Å². The summed E-state index contributed by atoms with van der Waals surface area (Å²) in [6.45, 7) is 11.7. The molecule has 0 saturated heterocycles.